The number of hydrogen-bond acceptors (Lipinski definition) is 3. The van der Waals surface area contributed by atoms with E-state index >= 15 is 0 Å². The van der Waals surface area contributed by atoms with Crippen molar-refractivity contribution in [2.45, 2.75) is 12.8 Å². The highest BCUT2D eigenvalue weighted by Crippen LogP contribution is 2.36. The highest BCUT2D eigenvalue weighted by molar-refractivity contribution is 6.50. The third-order valence-electron chi connectivity index (χ3n) is 5.70. The van der Waals surface area contributed by atoms with E-state index in [0.29, 0.717) is 11.1 Å². The largest absolute Gasteiger partial charge is 0.372 e. The number of carbonyl (C=O) groups is 2. The van der Waals surface area contributed by atoms with Crippen LogP contribution in [0.15, 0.2) is 54.7 Å². The van der Waals surface area contributed by atoms with E-state index in [9.17, 15) is 9.59 Å². The predicted molar refractivity (Wildman–Crippen MR) is 111 cm³/mol. The van der Waals surface area contributed by atoms with Gasteiger partial charge in [-0.25, -0.2) is 0 Å². The summed E-state index contributed by atoms with van der Waals surface area (Å²) in [4.78, 5) is 27.8. The Hall–Kier alpha value is -3.34. The summed E-state index contributed by atoms with van der Waals surface area (Å²) in [5, 5.41) is 3.47. The Morgan fingerprint density at radius 1 is 0.893 bits per heavy atom. The number of fused-ring (bicyclic) bond motifs is 1. The first-order valence-electron chi connectivity index (χ1n) is 9.63. The number of nitrogens with one attached hydrogen (secondary N) is 1. The van der Waals surface area contributed by atoms with Gasteiger partial charge in [0.15, 0.2) is 0 Å². The summed E-state index contributed by atoms with van der Waals surface area (Å²) in [6, 6.07) is 15.9. The number of benzene rings is 2. The summed E-state index contributed by atoms with van der Waals surface area (Å²) in [6.07, 6.45) is 4.31. The van der Waals surface area contributed by atoms with Crippen LogP contribution in [0.2, 0.25) is 0 Å². The van der Waals surface area contributed by atoms with Crippen LogP contribution in [0.5, 0.6) is 0 Å². The van der Waals surface area contributed by atoms with Gasteiger partial charge in [0.05, 0.1) is 11.1 Å². The number of nitrogens with zero attached hydrogens (tertiary/aromatic N) is 2. The molecule has 5 heteroatoms. The van der Waals surface area contributed by atoms with Crippen molar-refractivity contribution >= 4 is 39.6 Å². The van der Waals surface area contributed by atoms with E-state index in [2.05, 4.69) is 16.3 Å². The van der Waals surface area contributed by atoms with Crippen LogP contribution in [-0.4, -0.2) is 29.5 Å². The minimum atomic E-state index is -0.331. The molecule has 3 aromatic rings. The number of para-hydroxylation sites is 1. The van der Waals surface area contributed by atoms with Crippen LogP contribution in [0.25, 0.3) is 22.0 Å². The van der Waals surface area contributed by atoms with Crippen LogP contribution in [0.1, 0.15) is 24.0 Å². The fraction of sp³-hybridized carbons (Fsp3) is 0.217. The van der Waals surface area contributed by atoms with E-state index in [1.807, 2.05) is 60.3 Å². The number of carbonyl (C=O) groups excluding carboxylic acids is 2. The molecule has 5 nitrogen and oxygen atoms in total. The smallest absolute Gasteiger partial charge is 0.259 e. The molecule has 2 amide bonds. The molecule has 28 heavy (non-hydrogen) atoms. The topological polar surface area (TPSA) is 54.3 Å². The molecule has 1 fully saturated rings. The number of imide groups is 1. The Labute approximate surface area is 163 Å². The molecule has 2 aliphatic rings. The molecule has 0 unspecified atom stereocenters. The molecule has 0 aliphatic carbocycles. The molecular weight excluding hydrogens is 350 g/mol. The Balaban J connectivity index is 1.71. The molecule has 2 aliphatic heterocycles. The Morgan fingerprint density at radius 3 is 2.46 bits per heavy atom. The van der Waals surface area contributed by atoms with Crippen LogP contribution < -0.4 is 10.2 Å². The second kappa shape index (κ2) is 6.37. The van der Waals surface area contributed by atoms with Crippen LogP contribution in [0, 0.1) is 0 Å². The van der Waals surface area contributed by atoms with Gasteiger partial charge in [-0.05, 0) is 36.6 Å². The van der Waals surface area contributed by atoms with Gasteiger partial charge in [0.1, 0.15) is 0 Å². The van der Waals surface area contributed by atoms with Gasteiger partial charge in [-0.2, -0.15) is 0 Å². The maximum atomic E-state index is 12.8. The fourth-order valence-electron chi connectivity index (χ4n) is 4.36. The summed E-state index contributed by atoms with van der Waals surface area (Å²) in [7, 11) is 1.95. The van der Waals surface area contributed by atoms with Crippen molar-refractivity contribution in [3.8, 4) is 0 Å². The third kappa shape index (κ3) is 2.54. The van der Waals surface area contributed by atoms with Crippen LogP contribution in [0.4, 0.5) is 5.69 Å². The van der Waals surface area contributed by atoms with E-state index < -0.39 is 0 Å². The van der Waals surface area contributed by atoms with Crippen LogP contribution >= 0.6 is 0 Å². The minimum absolute atomic E-state index is 0.327. The van der Waals surface area contributed by atoms with Crippen molar-refractivity contribution in [3.63, 3.8) is 0 Å². The van der Waals surface area contributed by atoms with E-state index in [4.69, 9.17) is 0 Å². The van der Waals surface area contributed by atoms with E-state index in [-0.39, 0.29) is 11.8 Å². The summed E-state index contributed by atoms with van der Waals surface area (Å²) in [5.41, 5.74) is 4.63. The summed E-state index contributed by atoms with van der Waals surface area (Å²) < 4.78 is 1.99. The van der Waals surface area contributed by atoms with Gasteiger partial charge in [0, 0.05) is 48.5 Å². The summed E-state index contributed by atoms with van der Waals surface area (Å²) in [6.45, 7) is 2.06. The van der Waals surface area contributed by atoms with E-state index in [1.165, 1.54) is 12.8 Å². The number of aryl methyl sites for hydroxylation is 1. The lowest BCUT2D eigenvalue weighted by Crippen LogP contribution is -2.23. The average molecular weight is 371 g/mol. The zero-order chi connectivity index (χ0) is 19.3. The highest BCUT2D eigenvalue weighted by Gasteiger charge is 2.34. The Morgan fingerprint density at radius 2 is 1.64 bits per heavy atom. The van der Waals surface area contributed by atoms with Crippen molar-refractivity contribution in [1.29, 1.82) is 0 Å². The van der Waals surface area contributed by atoms with Crippen molar-refractivity contribution in [3.05, 3.63) is 65.9 Å². The second-order valence-corrected chi connectivity index (χ2v) is 7.45. The fourth-order valence-corrected chi connectivity index (χ4v) is 4.36. The number of anilines is 1. The maximum Gasteiger partial charge on any atom is 0.259 e. The van der Waals surface area contributed by atoms with Crippen molar-refractivity contribution in [2.75, 3.05) is 18.0 Å². The van der Waals surface area contributed by atoms with Crippen LogP contribution in [0.3, 0.4) is 0 Å². The monoisotopic (exact) mass is 371 g/mol. The van der Waals surface area contributed by atoms with Crippen molar-refractivity contribution in [2.24, 2.45) is 7.05 Å². The van der Waals surface area contributed by atoms with Gasteiger partial charge in [-0.15, -0.1) is 0 Å². The molecule has 0 saturated carbocycles. The van der Waals surface area contributed by atoms with E-state index in [0.717, 1.165) is 40.8 Å². The quantitative estimate of drug-likeness (QED) is 0.719. The number of hydrogen-bond donors (Lipinski definition) is 1. The van der Waals surface area contributed by atoms with Gasteiger partial charge in [0.2, 0.25) is 0 Å². The van der Waals surface area contributed by atoms with Gasteiger partial charge < -0.3 is 9.47 Å². The van der Waals surface area contributed by atoms with Gasteiger partial charge in [-0.3, -0.25) is 14.9 Å². The van der Waals surface area contributed by atoms with Crippen LogP contribution in [-0.2, 0) is 16.6 Å². The number of amides is 2. The zero-order valence-corrected chi connectivity index (χ0v) is 15.7. The van der Waals surface area contributed by atoms with E-state index in [1.54, 1.807) is 0 Å². The Bertz CT molecular complexity index is 1150. The third-order valence-corrected chi connectivity index (χ3v) is 5.70. The summed E-state index contributed by atoms with van der Waals surface area (Å²) >= 11 is 0. The molecule has 0 bridgehead atoms. The molecule has 2 aromatic carbocycles. The lowest BCUT2D eigenvalue weighted by atomic mass is 9.95. The molecule has 0 radical (unpaired) electrons. The molecule has 0 atom stereocenters. The standard InChI is InChI=1S/C23H21N3O2/c1-25-14-18(17-9-2-3-10-19(17)25)21-20(22(27)24-23(21)28)15-7-6-8-16(13-15)26-11-4-5-12-26/h2-3,6-10,13-14H,4-5,11-12H2,1H3,(H,24,27,28). The lowest BCUT2D eigenvalue weighted by molar-refractivity contribution is -0.122. The molecule has 3 heterocycles. The van der Waals surface area contributed by atoms with Gasteiger partial charge in [0.25, 0.3) is 11.8 Å². The number of rotatable bonds is 3. The molecular formula is C23H21N3O2. The second-order valence-electron chi connectivity index (χ2n) is 7.45. The molecule has 1 saturated heterocycles. The first kappa shape index (κ1) is 16.8. The van der Waals surface area contributed by atoms with Gasteiger partial charge in [-0.1, -0.05) is 30.3 Å². The number of aromatic nitrogens is 1. The molecule has 5 rings (SSSR count). The van der Waals surface area contributed by atoms with Gasteiger partial charge >= 0.3 is 0 Å². The summed E-state index contributed by atoms with van der Waals surface area (Å²) in [5.74, 6) is -0.658. The first-order valence-corrected chi connectivity index (χ1v) is 9.63. The van der Waals surface area contributed by atoms with Crippen molar-refractivity contribution < 1.29 is 9.59 Å². The SMILES string of the molecule is Cn1cc(C2=C(c3cccc(N4CCCC4)c3)C(=O)NC2=O)c2ccccc21. The molecule has 140 valence electrons. The predicted octanol–water partition coefficient (Wildman–Crippen LogP) is 3.35. The lowest BCUT2D eigenvalue weighted by Gasteiger charge is -2.18. The normalized spacial score (nSPS) is 17.1. The maximum absolute atomic E-state index is 12.8. The highest BCUT2D eigenvalue weighted by atomic mass is 16.2. The zero-order valence-electron chi connectivity index (χ0n) is 15.7. The Kier molecular flexibility index (Phi) is 3.83. The molecule has 0 spiro atoms. The molecule has 1 N–H and O–H groups in total. The molecule has 1 aromatic heterocycles. The van der Waals surface area contributed by atoms with Crippen molar-refractivity contribution in [1.82, 2.24) is 9.88 Å². The first-order chi connectivity index (χ1) is 13.6. The average Bonchev–Trinajstić information content (AvgIpc) is 3.41. The minimum Gasteiger partial charge on any atom is -0.372 e.